The maximum Gasteiger partial charge on any atom is 0.124 e. The molecule has 0 spiro atoms. The van der Waals surface area contributed by atoms with Crippen molar-refractivity contribution in [3.63, 3.8) is 0 Å². The molecule has 0 fully saturated rings. The van der Waals surface area contributed by atoms with E-state index >= 15 is 0 Å². The minimum Gasteiger partial charge on any atom is -0.380 e. The SMILES string of the molecule is N#Cc1cc(F)ccc1NCc1ccc(Cl)cc1Cl. The Bertz CT molecular complexity index is 650. The van der Waals surface area contributed by atoms with E-state index in [9.17, 15) is 4.39 Å². The van der Waals surface area contributed by atoms with E-state index in [1.165, 1.54) is 18.2 Å². The van der Waals surface area contributed by atoms with Crippen LogP contribution in [0.15, 0.2) is 36.4 Å². The van der Waals surface area contributed by atoms with E-state index in [0.717, 1.165) is 5.56 Å². The van der Waals surface area contributed by atoms with Gasteiger partial charge in [0, 0.05) is 16.6 Å². The number of nitriles is 1. The Hall–Kier alpha value is -1.76. The van der Waals surface area contributed by atoms with Crippen LogP contribution in [-0.4, -0.2) is 0 Å². The average molecular weight is 295 g/mol. The van der Waals surface area contributed by atoms with E-state index in [2.05, 4.69) is 5.32 Å². The molecule has 2 aromatic rings. The van der Waals surface area contributed by atoms with Crippen LogP contribution in [0, 0.1) is 17.1 Å². The Morgan fingerprint density at radius 3 is 2.63 bits per heavy atom. The first-order chi connectivity index (χ1) is 9.10. The molecular weight excluding hydrogens is 286 g/mol. The number of nitrogens with one attached hydrogen (secondary N) is 1. The number of nitrogens with zero attached hydrogens (tertiary/aromatic N) is 1. The van der Waals surface area contributed by atoms with Gasteiger partial charge in [-0.05, 0) is 35.9 Å². The molecule has 0 unspecified atom stereocenters. The van der Waals surface area contributed by atoms with Gasteiger partial charge in [-0.2, -0.15) is 5.26 Å². The maximum atomic E-state index is 13.0. The number of anilines is 1. The van der Waals surface area contributed by atoms with Crippen molar-refractivity contribution in [1.29, 1.82) is 5.26 Å². The highest BCUT2D eigenvalue weighted by molar-refractivity contribution is 6.35. The Morgan fingerprint density at radius 1 is 1.16 bits per heavy atom. The van der Waals surface area contributed by atoms with Crippen LogP contribution in [0.3, 0.4) is 0 Å². The summed E-state index contributed by atoms with van der Waals surface area (Å²) in [7, 11) is 0. The Morgan fingerprint density at radius 2 is 1.95 bits per heavy atom. The van der Waals surface area contributed by atoms with Crippen LogP contribution in [0.2, 0.25) is 10.0 Å². The van der Waals surface area contributed by atoms with Crippen molar-refractivity contribution in [2.45, 2.75) is 6.54 Å². The molecule has 0 atom stereocenters. The molecule has 0 saturated carbocycles. The number of halogens is 3. The van der Waals surface area contributed by atoms with Gasteiger partial charge in [0.25, 0.3) is 0 Å². The second kappa shape index (κ2) is 5.92. The van der Waals surface area contributed by atoms with E-state index in [1.54, 1.807) is 18.2 Å². The summed E-state index contributed by atoms with van der Waals surface area (Å²) in [6.07, 6.45) is 0. The lowest BCUT2D eigenvalue weighted by Crippen LogP contribution is -2.02. The van der Waals surface area contributed by atoms with Crippen molar-refractivity contribution in [3.05, 3.63) is 63.4 Å². The molecule has 2 nitrogen and oxygen atoms in total. The topological polar surface area (TPSA) is 35.8 Å². The fraction of sp³-hybridized carbons (Fsp3) is 0.0714. The number of hydrogen-bond acceptors (Lipinski definition) is 2. The fourth-order valence-electron chi connectivity index (χ4n) is 1.62. The lowest BCUT2D eigenvalue weighted by atomic mass is 10.1. The second-order valence-corrected chi connectivity index (χ2v) is 4.73. The molecule has 19 heavy (non-hydrogen) atoms. The molecule has 0 bridgehead atoms. The smallest absolute Gasteiger partial charge is 0.124 e. The van der Waals surface area contributed by atoms with Crippen molar-refractivity contribution in [2.24, 2.45) is 0 Å². The lowest BCUT2D eigenvalue weighted by molar-refractivity contribution is 0.627. The average Bonchev–Trinajstić information content (AvgIpc) is 2.39. The highest BCUT2D eigenvalue weighted by Crippen LogP contribution is 2.23. The molecular formula is C14H9Cl2FN2. The minimum absolute atomic E-state index is 0.255. The molecule has 0 radical (unpaired) electrons. The number of rotatable bonds is 3. The molecule has 0 aliphatic heterocycles. The number of hydrogen-bond donors (Lipinski definition) is 1. The predicted octanol–water partition coefficient (Wildman–Crippen LogP) is 4.62. The summed E-state index contributed by atoms with van der Waals surface area (Å²) in [5, 5.41) is 13.1. The van der Waals surface area contributed by atoms with Crippen molar-refractivity contribution >= 4 is 28.9 Å². The zero-order valence-corrected chi connectivity index (χ0v) is 11.3. The highest BCUT2D eigenvalue weighted by Gasteiger charge is 2.05. The van der Waals surface area contributed by atoms with Gasteiger partial charge < -0.3 is 5.32 Å². The summed E-state index contributed by atoms with van der Waals surface area (Å²) in [6, 6.07) is 11.1. The Kier molecular flexibility index (Phi) is 4.26. The monoisotopic (exact) mass is 294 g/mol. The minimum atomic E-state index is -0.438. The first-order valence-corrected chi connectivity index (χ1v) is 6.23. The first-order valence-electron chi connectivity index (χ1n) is 5.47. The molecule has 0 amide bonds. The van der Waals surface area contributed by atoms with Crippen molar-refractivity contribution in [2.75, 3.05) is 5.32 Å². The van der Waals surface area contributed by atoms with Gasteiger partial charge in [0.15, 0.2) is 0 Å². The van der Waals surface area contributed by atoms with Crippen LogP contribution in [0.4, 0.5) is 10.1 Å². The summed E-state index contributed by atoms with van der Waals surface area (Å²) in [4.78, 5) is 0. The zero-order valence-electron chi connectivity index (χ0n) is 9.75. The van der Waals surface area contributed by atoms with Crippen molar-refractivity contribution < 1.29 is 4.39 Å². The van der Waals surface area contributed by atoms with Gasteiger partial charge in [-0.3, -0.25) is 0 Å². The third-order valence-corrected chi connectivity index (χ3v) is 3.17. The molecule has 0 aliphatic carbocycles. The first kappa shape index (κ1) is 13.7. The molecule has 2 aromatic carbocycles. The summed E-state index contributed by atoms with van der Waals surface area (Å²) in [5.41, 5.74) is 1.67. The standard InChI is InChI=1S/C14H9Cl2FN2/c15-11-2-1-9(13(16)6-11)8-19-14-4-3-12(17)5-10(14)7-18/h1-6,19H,8H2. The van der Waals surface area contributed by atoms with Crippen LogP contribution in [0.25, 0.3) is 0 Å². The zero-order chi connectivity index (χ0) is 13.8. The van der Waals surface area contributed by atoms with E-state index in [-0.39, 0.29) is 5.56 Å². The molecule has 0 aromatic heterocycles. The van der Waals surface area contributed by atoms with Gasteiger partial charge in [-0.15, -0.1) is 0 Å². The highest BCUT2D eigenvalue weighted by atomic mass is 35.5. The summed E-state index contributed by atoms with van der Waals surface area (Å²) in [5.74, 6) is -0.438. The van der Waals surface area contributed by atoms with Crippen molar-refractivity contribution in [1.82, 2.24) is 0 Å². The summed E-state index contributed by atoms with van der Waals surface area (Å²) < 4.78 is 13.0. The molecule has 0 saturated heterocycles. The fourth-order valence-corrected chi connectivity index (χ4v) is 2.09. The quantitative estimate of drug-likeness (QED) is 0.897. The van der Waals surface area contributed by atoms with Gasteiger partial charge in [-0.25, -0.2) is 4.39 Å². The molecule has 1 N–H and O–H groups in total. The second-order valence-electron chi connectivity index (χ2n) is 3.89. The normalized spacial score (nSPS) is 10.0. The van der Waals surface area contributed by atoms with E-state index in [0.29, 0.717) is 22.3 Å². The van der Waals surface area contributed by atoms with Crippen LogP contribution >= 0.6 is 23.2 Å². The molecule has 0 aliphatic rings. The third-order valence-electron chi connectivity index (χ3n) is 2.59. The van der Waals surface area contributed by atoms with Crippen molar-refractivity contribution in [3.8, 4) is 6.07 Å². The predicted molar refractivity (Wildman–Crippen MR) is 74.9 cm³/mol. The summed E-state index contributed by atoms with van der Waals surface area (Å²) >= 11 is 11.9. The van der Waals surface area contributed by atoms with Gasteiger partial charge in [0.2, 0.25) is 0 Å². The third kappa shape index (κ3) is 3.37. The molecule has 96 valence electrons. The van der Waals surface area contributed by atoms with Crippen LogP contribution in [0.5, 0.6) is 0 Å². The van der Waals surface area contributed by atoms with Crippen LogP contribution in [-0.2, 0) is 6.54 Å². The van der Waals surface area contributed by atoms with Crippen LogP contribution < -0.4 is 5.32 Å². The Labute approximate surface area is 120 Å². The lowest BCUT2D eigenvalue weighted by Gasteiger charge is -2.09. The molecule has 0 heterocycles. The Balaban J connectivity index is 2.17. The maximum absolute atomic E-state index is 13.0. The summed E-state index contributed by atoms with van der Waals surface area (Å²) in [6.45, 7) is 0.427. The molecule has 5 heteroatoms. The largest absolute Gasteiger partial charge is 0.380 e. The van der Waals surface area contributed by atoms with E-state index in [4.69, 9.17) is 28.5 Å². The van der Waals surface area contributed by atoms with E-state index < -0.39 is 5.82 Å². The van der Waals surface area contributed by atoms with Gasteiger partial charge >= 0.3 is 0 Å². The van der Waals surface area contributed by atoms with E-state index in [1.807, 2.05) is 6.07 Å². The van der Waals surface area contributed by atoms with Gasteiger partial charge in [0.05, 0.1) is 11.3 Å². The molecule has 2 rings (SSSR count). The van der Waals surface area contributed by atoms with Gasteiger partial charge in [-0.1, -0.05) is 29.3 Å². The van der Waals surface area contributed by atoms with Gasteiger partial charge in [0.1, 0.15) is 11.9 Å². The van der Waals surface area contributed by atoms with Crippen LogP contribution in [0.1, 0.15) is 11.1 Å². The number of benzene rings is 2.